The van der Waals surface area contributed by atoms with Gasteiger partial charge in [0.25, 0.3) is 0 Å². The van der Waals surface area contributed by atoms with Gasteiger partial charge in [-0.3, -0.25) is 9.42 Å². The van der Waals surface area contributed by atoms with E-state index in [0.29, 0.717) is 17.3 Å². The Labute approximate surface area is 120 Å². The van der Waals surface area contributed by atoms with Crippen molar-refractivity contribution in [3.63, 3.8) is 0 Å². The third kappa shape index (κ3) is 7.77. The molecule has 0 aromatic rings. The van der Waals surface area contributed by atoms with Gasteiger partial charge in [-0.2, -0.15) is 0 Å². The fraction of sp³-hybridized carbons (Fsp3) is 0.750. The van der Waals surface area contributed by atoms with E-state index in [1.54, 1.807) is 0 Å². The molecular weight excluding hydrogens is 285 g/mol. The summed E-state index contributed by atoms with van der Waals surface area (Å²) in [6.45, 7) is 4.67. The van der Waals surface area contributed by atoms with Crippen LogP contribution in [0, 0.1) is 0 Å². The molecule has 0 rings (SSSR count). The maximum atomic E-state index is 11.5. The number of carbonyl (C=O) groups is 1. The van der Waals surface area contributed by atoms with Crippen LogP contribution in [0.25, 0.3) is 0 Å². The van der Waals surface area contributed by atoms with Gasteiger partial charge in [0, 0.05) is 25.0 Å². The quantitative estimate of drug-likeness (QED) is 0.376. The number of hydrogen-bond acceptors (Lipinski definition) is 5. The maximum absolute atomic E-state index is 11.5. The smallest absolute Gasteiger partial charge is 0.396 e. The lowest BCUT2D eigenvalue weighted by atomic mass is 10.1. The number of phosphoric acid groups is 1. The summed E-state index contributed by atoms with van der Waals surface area (Å²) in [7, 11) is 1.47. The van der Waals surface area contributed by atoms with Crippen LogP contribution in [0.4, 0.5) is 0 Å². The molecule has 2 atom stereocenters. The monoisotopic (exact) mass is 310 g/mol. The molecule has 0 aliphatic rings. The van der Waals surface area contributed by atoms with E-state index in [2.05, 4.69) is 11.1 Å². The lowest BCUT2D eigenvalue weighted by Crippen LogP contribution is -2.46. The van der Waals surface area contributed by atoms with Crippen molar-refractivity contribution < 1.29 is 32.9 Å². The van der Waals surface area contributed by atoms with Gasteiger partial charge in [-0.15, -0.1) is 0 Å². The van der Waals surface area contributed by atoms with Crippen molar-refractivity contribution in [3.8, 4) is 0 Å². The molecule has 0 aromatic carbocycles. The molecule has 0 saturated heterocycles. The second kappa shape index (κ2) is 7.90. The average molecular weight is 310 g/mol. The first kappa shape index (κ1) is 19.3. The minimum absolute atomic E-state index is 0.0207. The Kier molecular flexibility index (Phi) is 7.62. The van der Waals surface area contributed by atoms with Crippen molar-refractivity contribution in [2.45, 2.75) is 25.8 Å². The molecule has 2 unspecified atom stereocenters. The third-order valence-electron chi connectivity index (χ3n) is 2.81. The van der Waals surface area contributed by atoms with Gasteiger partial charge in [0.2, 0.25) is 0 Å². The van der Waals surface area contributed by atoms with Crippen molar-refractivity contribution in [3.05, 3.63) is 12.2 Å². The summed E-state index contributed by atoms with van der Waals surface area (Å²) in [6, 6.07) is 0.0665. The molecule has 0 spiro atoms. The predicted molar refractivity (Wildman–Crippen MR) is 74.8 cm³/mol. The SMILES string of the molecule is C=C(C)C(=O)OP(=O)(O)OCCC(CCO)[N+](C)(C)C. The molecule has 0 amide bonds. The lowest BCUT2D eigenvalue weighted by molar-refractivity contribution is -0.896. The van der Waals surface area contributed by atoms with E-state index in [9.17, 15) is 14.3 Å². The number of rotatable bonds is 9. The second-order valence-electron chi connectivity index (χ2n) is 5.53. The summed E-state index contributed by atoms with van der Waals surface area (Å²) in [4.78, 5) is 20.5. The topological polar surface area (TPSA) is 93.1 Å². The van der Waals surface area contributed by atoms with Crippen LogP contribution in [0.3, 0.4) is 0 Å². The van der Waals surface area contributed by atoms with E-state index in [4.69, 9.17) is 9.63 Å². The lowest BCUT2D eigenvalue weighted by Gasteiger charge is -2.34. The number of aliphatic hydroxyl groups is 1. The molecule has 118 valence electrons. The van der Waals surface area contributed by atoms with Crippen LogP contribution in [0.1, 0.15) is 19.8 Å². The van der Waals surface area contributed by atoms with Crippen molar-refractivity contribution in [1.29, 1.82) is 0 Å². The first-order chi connectivity index (χ1) is 8.99. The van der Waals surface area contributed by atoms with Crippen LogP contribution in [-0.2, 0) is 18.4 Å². The number of phosphoric ester groups is 1. The molecule has 0 radical (unpaired) electrons. The molecular formula is C12H25NO6P+. The Hall–Kier alpha value is -0.720. The first-order valence-electron chi connectivity index (χ1n) is 6.28. The van der Waals surface area contributed by atoms with Gasteiger partial charge in [0.1, 0.15) is 0 Å². The van der Waals surface area contributed by atoms with E-state index in [-0.39, 0.29) is 24.8 Å². The van der Waals surface area contributed by atoms with E-state index in [1.165, 1.54) is 6.92 Å². The van der Waals surface area contributed by atoms with Crippen LogP contribution in [0.15, 0.2) is 12.2 Å². The van der Waals surface area contributed by atoms with Crippen LogP contribution in [-0.4, -0.2) is 60.9 Å². The maximum Gasteiger partial charge on any atom is 0.529 e. The molecule has 7 nitrogen and oxygen atoms in total. The van der Waals surface area contributed by atoms with Gasteiger partial charge in [0.15, 0.2) is 0 Å². The largest absolute Gasteiger partial charge is 0.529 e. The number of aliphatic hydroxyl groups excluding tert-OH is 1. The molecule has 0 aromatic heterocycles. The molecule has 2 N–H and O–H groups in total. The van der Waals surface area contributed by atoms with Crippen LogP contribution < -0.4 is 0 Å². The predicted octanol–water partition coefficient (Wildman–Crippen LogP) is 1.07. The van der Waals surface area contributed by atoms with Crippen molar-refractivity contribution >= 4 is 13.8 Å². The van der Waals surface area contributed by atoms with Crippen molar-refractivity contribution in [1.82, 2.24) is 0 Å². The normalized spacial score (nSPS) is 16.3. The van der Waals surface area contributed by atoms with Crippen LogP contribution >= 0.6 is 7.82 Å². The zero-order valence-corrected chi connectivity index (χ0v) is 13.4. The average Bonchev–Trinajstić information content (AvgIpc) is 2.25. The van der Waals surface area contributed by atoms with Crippen molar-refractivity contribution in [2.75, 3.05) is 34.4 Å². The molecule has 8 heteroatoms. The van der Waals surface area contributed by atoms with Gasteiger partial charge >= 0.3 is 13.8 Å². The highest BCUT2D eigenvalue weighted by Crippen LogP contribution is 2.44. The van der Waals surface area contributed by atoms with Gasteiger partial charge in [0.05, 0.1) is 33.8 Å². The molecule has 0 fully saturated rings. The Balaban J connectivity index is 4.36. The summed E-state index contributed by atoms with van der Waals surface area (Å²) < 4.78 is 21.2. The van der Waals surface area contributed by atoms with E-state index in [1.807, 2.05) is 21.1 Å². The molecule has 0 bridgehead atoms. The number of quaternary nitrogens is 1. The summed E-state index contributed by atoms with van der Waals surface area (Å²) in [5.74, 6) is -0.964. The summed E-state index contributed by atoms with van der Waals surface area (Å²) in [5, 5.41) is 9.01. The summed E-state index contributed by atoms with van der Waals surface area (Å²) in [5.41, 5.74) is 0.0207. The second-order valence-corrected chi connectivity index (χ2v) is 6.91. The molecule has 0 aliphatic carbocycles. The van der Waals surface area contributed by atoms with Gasteiger partial charge < -0.3 is 14.1 Å². The van der Waals surface area contributed by atoms with E-state index >= 15 is 0 Å². The minimum Gasteiger partial charge on any atom is -0.396 e. The van der Waals surface area contributed by atoms with Crippen LogP contribution in [0.5, 0.6) is 0 Å². The highest BCUT2D eigenvalue weighted by molar-refractivity contribution is 7.48. The minimum atomic E-state index is -4.41. The molecule has 0 aliphatic heterocycles. The fourth-order valence-electron chi connectivity index (χ4n) is 1.58. The Bertz CT molecular complexity index is 390. The summed E-state index contributed by atoms with van der Waals surface area (Å²) in [6.07, 6.45) is 1.01. The van der Waals surface area contributed by atoms with E-state index < -0.39 is 13.8 Å². The van der Waals surface area contributed by atoms with Gasteiger partial charge in [-0.05, 0) is 6.92 Å². The Morgan fingerprint density at radius 1 is 1.35 bits per heavy atom. The van der Waals surface area contributed by atoms with Gasteiger partial charge in [-0.1, -0.05) is 6.58 Å². The standard InChI is InChI=1S/C12H24NO6P/c1-10(2)12(15)19-20(16,17)18-9-7-11(6-8-14)13(3,4)5/h11,14H,1,6-9H2,2-5H3/p+1. The van der Waals surface area contributed by atoms with Crippen LogP contribution in [0.2, 0.25) is 0 Å². The molecule has 0 heterocycles. The fourth-order valence-corrected chi connectivity index (χ4v) is 2.34. The number of nitrogens with zero attached hydrogens (tertiary/aromatic N) is 1. The Morgan fingerprint density at radius 3 is 2.30 bits per heavy atom. The zero-order valence-electron chi connectivity index (χ0n) is 12.5. The highest BCUT2D eigenvalue weighted by Gasteiger charge is 2.29. The Morgan fingerprint density at radius 2 is 1.90 bits per heavy atom. The molecule has 0 saturated carbocycles. The number of carbonyl (C=O) groups excluding carboxylic acids is 1. The molecule has 20 heavy (non-hydrogen) atoms. The first-order valence-corrected chi connectivity index (χ1v) is 7.78. The van der Waals surface area contributed by atoms with Crippen molar-refractivity contribution in [2.24, 2.45) is 0 Å². The van der Waals surface area contributed by atoms with Gasteiger partial charge in [-0.25, -0.2) is 9.36 Å². The highest BCUT2D eigenvalue weighted by atomic mass is 31.2. The zero-order chi connectivity index (χ0) is 16.0. The van der Waals surface area contributed by atoms with E-state index in [0.717, 1.165) is 0 Å². The number of hydrogen-bond donors (Lipinski definition) is 2. The summed E-state index contributed by atoms with van der Waals surface area (Å²) >= 11 is 0. The third-order valence-corrected chi connectivity index (χ3v) is 3.72.